The number of nitrogens with zero attached hydrogens (tertiary/aromatic N) is 1. The number of halogens is 1. The van der Waals surface area contributed by atoms with Gasteiger partial charge in [0.15, 0.2) is 0 Å². The van der Waals surface area contributed by atoms with Crippen LogP contribution >= 0.6 is 0 Å². The molecule has 1 unspecified atom stereocenters. The number of hydrogen-bond acceptors (Lipinski definition) is 4. The van der Waals surface area contributed by atoms with Crippen molar-refractivity contribution in [1.29, 1.82) is 0 Å². The second-order valence-corrected chi connectivity index (χ2v) is 6.39. The number of nitrogens with one attached hydrogen (secondary N) is 1. The van der Waals surface area contributed by atoms with Gasteiger partial charge >= 0.3 is 0 Å². The van der Waals surface area contributed by atoms with Crippen molar-refractivity contribution < 1.29 is 13.9 Å². The maximum atomic E-state index is 13.3. The van der Waals surface area contributed by atoms with Gasteiger partial charge in [-0.3, -0.25) is 4.90 Å². The van der Waals surface area contributed by atoms with E-state index >= 15 is 0 Å². The number of benzene rings is 2. The molecule has 26 heavy (non-hydrogen) atoms. The van der Waals surface area contributed by atoms with E-state index in [1.54, 1.807) is 0 Å². The van der Waals surface area contributed by atoms with Crippen LogP contribution in [0.4, 0.5) is 4.39 Å². The van der Waals surface area contributed by atoms with Gasteiger partial charge in [-0.1, -0.05) is 30.3 Å². The molecule has 1 fully saturated rings. The molecule has 0 aliphatic carbocycles. The molecule has 5 heteroatoms. The first-order valence-corrected chi connectivity index (χ1v) is 9.26. The third-order valence-corrected chi connectivity index (χ3v) is 4.67. The van der Waals surface area contributed by atoms with E-state index in [0.29, 0.717) is 6.61 Å². The summed E-state index contributed by atoms with van der Waals surface area (Å²) >= 11 is 0. The highest BCUT2D eigenvalue weighted by Crippen LogP contribution is 2.23. The van der Waals surface area contributed by atoms with Crippen molar-refractivity contribution in [2.45, 2.75) is 19.5 Å². The van der Waals surface area contributed by atoms with E-state index < -0.39 is 0 Å². The van der Waals surface area contributed by atoms with Crippen LogP contribution in [0.1, 0.15) is 24.1 Å². The predicted octanol–water partition coefficient (Wildman–Crippen LogP) is 3.39. The quantitative estimate of drug-likeness (QED) is 0.784. The second-order valence-electron chi connectivity index (χ2n) is 6.39. The highest BCUT2D eigenvalue weighted by molar-refractivity contribution is 5.33. The van der Waals surface area contributed by atoms with E-state index in [-0.39, 0.29) is 11.9 Å². The second kappa shape index (κ2) is 9.67. The zero-order valence-corrected chi connectivity index (χ0v) is 15.3. The molecule has 2 aromatic carbocycles. The number of para-hydroxylation sites is 1. The van der Waals surface area contributed by atoms with Gasteiger partial charge in [-0.05, 0) is 30.7 Å². The van der Waals surface area contributed by atoms with Crippen molar-refractivity contribution in [3.63, 3.8) is 0 Å². The van der Waals surface area contributed by atoms with Crippen LogP contribution in [-0.2, 0) is 11.3 Å². The number of morpholine rings is 1. The molecule has 4 nitrogen and oxygen atoms in total. The standard InChI is InChI=1S/C21H27FN2O2/c1-2-26-21-6-4-3-5-18(21)15-23-16-20(24-11-13-25-14-12-24)17-7-9-19(22)10-8-17/h3-10,20,23H,2,11-16H2,1H3. The summed E-state index contributed by atoms with van der Waals surface area (Å²) in [5.74, 6) is 0.722. The van der Waals surface area contributed by atoms with Crippen molar-refractivity contribution in [2.24, 2.45) is 0 Å². The lowest BCUT2D eigenvalue weighted by Gasteiger charge is -2.35. The average Bonchev–Trinajstić information content (AvgIpc) is 2.68. The highest BCUT2D eigenvalue weighted by Gasteiger charge is 2.22. The van der Waals surface area contributed by atoms with E-state index in [9.17, 15) is 4.39 Å². The van der Waals surface area contributed by atoms with E-state index in [0.717, 1.165) is 56.3 Å². The lowest BCUT2D eigenvalue weighted by atomic mass is 10.0. The molecule has 0 radical (unpaired) electrons. The fourth-order valence-corrected chi connectivity index (χ4v) is 3.32. The van der Waals surface area contributed by atoms with Gasteiger partial charge in [0.2, 0.25) is 0 Å². The molecule has 3 rings (SSSR count). The molecular weight excluding hydrogens is 331 g/mol. The third kappa shape index (κ3) is 5.04. The summed E-state index contributed by atoms with van der Waals surface area (Å²) in [5, 5.41) is 3.55. The van der Waals surface area contributed by atoms with Crippen LogP contribution in [0.5, 0.6) is 5.75 Å². The van der Waals surface area contributed by atoms with Crippen LogP contribution in [0, 0.1) is 5.82 Å². The minimum Gasteiger partial charge on any atom is -0.494 e. The van der Waals surface area contributed by atoms with Crippen molar-refractivity contribution >= 4 is 0 Å². The Morgan fingerprint density at radius 3 is 2.58 bits per heavy atom. The van der Waals surface area contributed by atoms with Crippen molar-refractivity contribution in [1.82, 2.24) is 10.2 Å². The molecule has 1 heterocycles. The van der Waals surface area contributed by atoms with E-state index in [1.807, 2.05) is 37.3 Å². The molecular formula is C21H27FN2O2. The SMILES string of the molecule is CCOc1ccccc1CNCC(c1ccc(F)cc1)N1CCOCC1. The minimum absolute atomic E-state index is 0.193. The summed E-state index contributed by atoms with van der Waals surface area (Å²) in [7, 11) is 0. The molecule has 1 saturated heterocycles. The Labute approximate surface area is 154 Å². The number of ether oxygens (including phenoxy) is 2. The van der Waals surface area contributed by atoms with Gasteiger partial charge in [0, 0.05) is 37.8 Å². The van der Waals surface area contributed by atoms with E-state index in [2.05, 4.69) is 16.3 Å². The number of rotatable bonds is 8. The largest absolute Gasteiger partial charge is 0.494 e. The molecule has 1 N–H and O–H groups in total. The van der Waals surface area contributed by atoms with E-state index in [4.69, 9.17) is 9.47 Å². The lowest BCUT2D eigenvalue weighted by molar-refractivity contribution is 0.0161. The maximum Gasteiger partial charge on any atom is 0.123 e. The summed E-state index contributed by atoms with van der Waals surface area (Å²) in [6.07, 6.45) is 0. The molecule has 1 aliphatic heterocycles. The van der Waals surface area contributed by atoms with Crippen LogP contribution in [-0.4, -0.2) is 44.4 Å². The van der Waals surface area contributed by atoms with Gasteiger partial charge in [-0.25, -0.2) is 4.39 Å². The Morgan fingerprint density at radius 2 is 1.85 bits per heavy atom. The van der Waals surface area contributed by atoms with Gasteiger partial charge in [0.05, 0.1) is 19.8 Å². The highest BCUT2D eigenvalue weighted by atomic mass is 19.1. The Balaban J connectivity index is 1.67. The van der Waals surface area contributed by atoms with Crippen LogP contribution < -0.4 is 10.1 Å². The van der Waals surface area contributed by atoms with Crippen molar-refractivity contribution in [3.8, 4) is 5.75 Å². The first-order valence-electron chi connectivity index (χ1n) is 9.26. The fourth-order valence-electron chi connectivity index (χ4n) is 3.32. The Kier molecular flexibility index (Phi) is 7.00. The van der Waals surface area contributed by atoms with Gasteiger partial charge in [0.1, 0.15) is 11.6 Å². The summed E-state index contributed by atoms with van der Waals surface area (Å²) in [5.41, 5.74) is 2.27. The summed E-state index contributed by atoms with van der Waals surface area (Å²) in [4.78, 5) is 2.40. The fraction of sp³-hybridized carbons (Fsp3) is 0.429. The molecule has 0 spiro atoms. The number of hydrogen-bond donors (Lipinski definition) is 1. The van der Waals surface area contributed by atoms with Gasteiger partial charge in [0.25, 0.3) is 0 Å². The first-order chi connectivity index (χ1) is 12.8. The van der Waals surface area contributed by atoms with Crippen LogP contribution in [0.2, 0.25) is 0 Å². The minimum atomic E-state index is -0.201. The topological polar surface area (TPSA) is 33.7 Å². The zero-order chi connectivity index (χ0) is 18.2. The van der Waals surface area contributed by atoms with Crippen LogP contribution in [0.25, 0.3) is 0 Å². The zero-order valence-electron chi connectivity index (χ0n) is 15.3. The summed E-state index contributed by atoms with van der Waals surface area (Å²) in [6.45, 7) is 7.43. The third-order valence-electron chi connectivity index (χ3n) is 4.67. The normalized spacial score (nSPS) is 16.4. The predicted molar refractivity (Wildman–Crippen MR) is 101 cm³/mol. The molecule has 2 aromatic rings. The molecule has 0 aromatic heterocycles. The van der Waals surface area contributed by atoms with Gasteiger partial charge in [-0.2, -0.15) is 0 Å². The monoisotopic (exact) mass is 358 g/mol. The first kappa shape index (κ1) is 18.8. The molecule has 0 saturated carbocycles. The average molecular weight is 358 g/mol. The Bertz CT molecular complexity index is 672. The smallest absolute Gasteiger partial charge is 0.123 e. The maximum absolute atomic E-state index is 13.3. The molecule has 140 valence electrons. The molecule has 0 amide bonds. The molecule has 0 bridgehead atoms. The van der Waals surface area contributed by atoms with Crippen LogP contribution in [0.3, 0.4) is 0 Å². The van der Waals surface area contributed by atoms with E-state index in [1.165, 1.54) is 12.1 Å². The van der Waals surface area contributed by atoms with Gasteiger partial charge in [-0.15, -0.1) is 0 Å². The summed E-state index contributed by atoms with van der Waals surface area (Å²) in [6, 6.07) is 15.1. The summed E-state index contributed by atoms with van der Waals surface area (Å²) < 4.78 is 24.5. The molecule has 1 atom stereocenters. The van der Waals surface area contributed by atoms with Gasteiger partial charge < -0.3 is 14.8 Å². The Hall–Kier alpha value is -1.95. The van der Waals surface area contributed by atoms with Crippen molar-refractivity contribution in [3.05, 3.63) is 65.5 Å². The molecule has 1 aliphatic rings. The Morgan fingerprint density at radius 1 is 1.12 bits per heavy atom. The van der Waals surface area contributed by atoms with Crippen LogP contribution in [0.15, 0.2) is 48.5 Å². The lowest BCUT2D eigenvalue weighted by Crippen LogP contribution is -2.42. The van der Waals surface area contributed by atoms with Crippen molar-refractivity contribution in [2.75, 3.05) is 39.5 Å².